The van der Waals surface area contributed by atoms with Crippen LogP contribution in [0.15, 0.2) is 4.99 Å². The molecule has 2 aliphatic heterocycles. The number of nitrogens with zero attached hydrogens (tertiary/aromatic N) is 2. The van der Waals surface area contributed by atoms with Gasteiger partial charge in [0.15, 0.2) is 15.8 Å². The fraction of sp³-hybridized carbons (Fsp3) is 0.938. The second-order valence-electron chi connectivity index (χ2n) is 6.92. The minimum Gasteiger partial charge on any atom is -0.379 e. The van der Waals surface area contributed by atoms with Crippen LogP contribution in [-0.4, -0.2) is 82.3 Å². The van der Waals surface area contributed by atoms with Crippen molar-refractivity contribution in [1.82, 2.24) is 15.5 Å². The standard InChI is InChI=1S/C16H32N4O3S.HI/c1-4-17-16(19-14-5-10-24(21,22)12-14)18-11-15(13(2)3)20-6-8-23-9-7-20;/h13-15H,4-12H2,1-3H3,(H2,17,18,19);1H. The molecular formula is C16H33IN4O3S. The second-order valence-corrected chi connectivity index (χ2v) is 9.15. The molecule has 0 radical (unpaired) electrons. The van der Waals surface area contributed by atoms with Crippen LogP contribution in [-0.2, 0) is 14.6 Å². The average molecular weight is 488 g/mol. The summed E-state index contributed by atoms with van der Waals surface area (Å²) < 4.78 is 28.7. The Hall–Kier alpha value is -0.130. The molecule has 0 spiro atoms. The van der Waals surface area contributed by atoms with Crippen molar-refractivity contribution in [3.05, 3.63) is 0 Å². The van der Waals surface area contributed by atoms with Crippen molar-refractivity contribution in [1.29, 1.82) is 0 Å². The van der Waals surface area contributed by atoms with Crippen LogP contribution in [0.2, 0.25) is 0 Å². The quantitative estimate of drug-likeness (QED) is 0.326. The van der Waals surface area contributed by atoms with E-state index in [1.165, 1.54) is 0 Å². The van der Waals surface area contributed by atoms with Gasteiger partial charge in [-0.25, -0.2) is 8.42 Å². The number of hydrogen-bond donors (Lipinski definition) is 2. The largest absolute Gasteiger partial charge is 0.379 e. The zero-order valence-corrected chi connectivity index (χ0v) is 18.7. The predicted octanol–water partition coefficient (Wildman–Crippen LogP) is 0.703. The van der Waals surface area contributed by atoms with Gasteiger partial charge in [0, 0.05) is 31.7 Å². The first-order valence-corrected chi connectivity index (χ1v) is 10.8. The van der Waals surface area contributed by atoms with Crippen molar-refractivity contribution in [3.63, 3.8) is 0 Å². The van der Waals surface area contributed by atoms with E-state index in [-0.39, 0.29) is 41.5 Å². The Morgan fingerprint density at radius 1 is 1.32 bits per heavy atom. The van der Waals surface area contributed by atoms with Gasteiger partial charge in [-0.2, -0.15) is 0 Å². The van der Waals surface area contributed by atoms with E-state index in [0.717, 1.165) is 38.8 Å². The van der Waals surface area contributed by atoms with Gasteiger partial charge < -0.3 is 15.4 Å². The maximum atomic E-state index is 11.6. The minimum absolute atomic E-state index is 0. The number of nitrogens with one attached hydrogen (secondary N) is 2. The van der Waals surface area contributed by atoms with Gasteiger partial charge in [0.25, 0.3) is 0 Å². The first-order valence-electron chi connectivity index (χ1n) is 8.98. The summed E-state index contributed by atoms with van der Waals surface area (Å²) in [6.45, 7) is 11.4. The Kier molecular flexibility index (Phi) is 9.97. The molecule has 2 atom stereocenters. The van der Waals surface area contributed by atoms with Crippen LogP contribution >= 0.6 is 24.0 Å². The van der Waals surface area contributed by atoms with Gasteiger partial charge in [-0.1, -0.05) is 13.8 Å². The van der Waals surface area contributed by atoms with Crippen LogP contribution < -0.4 is 10.6 Å². The SMILES string of the molecule is CCNC(=NCC(C(C)C)N1CCOCC1)NC1CCS(=O)(=O)C1.I. The number of aliphatic imine (C=N–C) groups is 1. The van der Waals surface area contributed by atoms with Crippen molar-refractivity contribution in [2.45, 2.75) is 39.3 Å². The zero-order chi connectivity index (χ0) is 17.6. The fourth-order valence-electron chi connectivity index (χ4n) is 3.26. The summed E-state index contributed by atoms with van der Waals surface area (Å²) in [6, 6.07) is 0.338. The number of rotatable bonds is 6. The maximum Gasteiger partial charge on any atom is 0.191 e. The lowest BCUT2D eigenvalue weighted by Gasteiger charge is -2.36. The molecule has 0 aromatic heterocycles. The first kappa shape index (κ1) is 22.9. The normalized spacial score (nSPS) is 25.4. The highest BCUT2D eigenvalue weighted by molar-refractivity contribution is 14.0. The van der Waals surface area contributed by atoms with E-state index >= 15 is 0 Å². The highest BCUT2D eigenvalue weighted by atomic mass is 127. The van der Waals surface area contributed by atoms with Gasteiger partial charge >= 0.3 is 0 Å². The highest BCUT2D eigenvalue weighted by Crippen LogP contribution is 2.14. The summed E-state index contributed by atoms with van der Waals surface area (Å²) in [4.78, 5) is 7.18. The second kappa shape index (κ2) is 10.9. The Morgan fingerprint density at radius 3 is 2.52 bits per heavy atom. The van der Waals surface area contributed by atoms with Crippen LogP contribution in [0.3, 0.4) is 0 Å². The van der Waals surface area contributed by atoms with E-state index in [2.05, 4.69) is 29.4 Å². The lowest BCUT2D eigenvalue weighted by atomic mass is 10.0. The number of guanidine groups is 1. The molecule has 2 heterocycles. The first-order chi connectivity index (χ1) is 11.4. The Balaban J connectivity index is 0.00000312. The molecule has 0 aromatic carbocycles. The van der Waals surface area contributed by atoms with Crippen molar-refractivity contribution in [2.24, 2.45) is 10.9 Å². The average Bonchev–Trinajstić information content (AvgIpc) is 2.87. The summed E-state index contributed by atoms with van der Waals surface area (Å²) >= 11 is 0. The van der Waals surface area contributed by atoms with Gasteiger partial charge in [-0.05, 0) is 19.3 Å². The minimum atomic E-state index is -2.89. The van der Waals surface area contributed by atoms with Crippen molar-refractivity contribution < 1.29 is 13.2 Å². The number of hydrogen-bond acceptors (Lipinski definition) is 5. The van der Waals surface area contributed by atoms with Gasteiger partial charge in [0.05, 0.1) is 31.3 Å². The number of ether oxygens (including phenoxy) is 1. The Labute approximate surface area is 169 Å². The van der Waals surface area contributed by atoms with E-state index in [4.69, 9.17) is 9.73 Å². The van der Waals surface area contributed by atoms with E-state index in [9.17, 15) is 8.42 Å². The van der Waals surface area contributed by atoms with Crippen molar-refractivity contribution >= 4 is 39.8 Å². The molecule has 9 heteroatoms. The smallest absolute Gasteiger partial charge is 0.191 e. The Bertz CT molecular complexity index is 521. The summed E-state index contributed by atoms with van der Waals surface area (Å²) in [5.41, 5.74) is 0. The molecule has 2 N–H and O–H groups in total. The highest BCUT2D eigenvalue weighted by Gasteiger charge is 2.29. The molecular weight excluding hydrogens is 455 g/mol. The third-order valence-electron chi connectivity index (χ3n) is 4.64. The van der Waals surface area contributed by atoms with Crippen LogP contribution in [0.1, 0.15) is 27.2 Å². The number of sulfone groups is 1. The van der Waals surface area contributed by atoms with Crippen molar-refractivity contribution in [2.75, 3.05) is 50.9 Å². The molecule has 2 aliphatic rings. The molecule has 0 aromatic rings. The van der Waals surface area contributed by atoms with Crippen LogP contribution in [0.25, 0.3) is 0 Å². The molecule has 0 saturated carbocycles. The van der Waals surface area contributed by atoms with Crippen LogP contribution in [0.5, 0.6) is 0 Å². The van der Waals surface area contributed by atoms with Gasteiger partial charge in [-0.15, -0.1) is 24.0 Å². The fourth-order valence-corrected chi connectivity index (χ4v) is 4.94. The maximum absolute atomic E-state index is 11.6. The van der Waals surface area contributed by atoms with Crippen LogP contribution in [0, 0.1) is 5.92 Å². The molecule has 7 nitrogen and oxygen atoms in total. The monoisotopic (exact) mass is 488 g/mol. The lowest BCUT2D eigenvalue weighted by molar-refractivity contribution is 0.00867. The summed E-state index contributed by atoms with van der Waals surface area (Å²) in [5, 5.41) is 6.52. The topological polar surface area (TPSA) is 83.0 Å². The number of halogens is 1. The molecule has 0 aliphatic carbocycles. The van der Waals surface area contributed by atoms with E-state index in [1.807, 2.05) is 6.92 Å². The van der Waals surface area contributed by atoms with E-state index in [1.54, 1.807) is 0 Å². The molecule has 25 heavy (non-hydrogen) atoms. The molecule has 0 bridgehead atoms. The van der Waals surface area contributed by atoms with Crippen molar-refractivity contribution in [3.8, 4) is 0 Å². The zero-order valence-electron chi connectivity index (χ0n) is 15.5. The van der Waals surface area contributed by atoms with Gasteiger partial charge in [0.2, 0.25) is 0 Å². The summed E-state index contributed by atoms with van der Waals surface area (Å²) in [7, 11) is -2.89. The molecule has 0 amide bonds. The van der Waals surface area contributed by atoms with Gasteiger partial charge in [0.1, 0.15) is 0 Å². The number of morpholine rings is 1. The van der Waals surface area contributed by atoms with E-state index < -0.39 is 9.84 Å². The Morgan fingerprint density at radius 2 is 2.00 bits per heavy atom. The predicted molar refractivity (Wildman–Crippen MR) is 113 cm³/mol. The van der Waals surface area contributed by atoms with E-state index in [0.29, 0.717) is 24.9 Å². The van der Waals surface area contributed by atoms with Gasteiger partial charge in [-0.3, -0.25) is 9.89 Å². The molecule has 148 valence electrons. The molecule has 2 rings (SSSR count). The summed E-state index contributed by atoms with van der Waals surface area (Å²) in [6.07, 6.45) is 0.657. The third-order valence-corrected chi connectivity index (χ3v) is 6.41. The summed E-state index contributed by atoms with van der Waals surface area (Å²) in [5.74, 6) is 1.70. The van der Waals surface area contributed by atoms with Crippen LogP contribution in [0.4, 0.5) is 0 Å². The lowest BCUT2D eigenvalue weighted by Crippen LogP contribution is -2.49. The third kappa shape index (κ3) is 7.56. The molecule has 2 saturated heterocycles. The molecule has 2 fully saturated rings. The molecule has 2 unspecified atom stereocenters.